The number of aromatic nitrogens is 2. The van der Waals surface area contributed by atoms with Crippen molar-refractivity contribution in [1.82, 2.24) is 9.78 Å². The molecule has 0 fully saturated rings. The van der Waals surface area contributed by atoms with Crippen LogP contribution >= 0.6 is 11.3 Å². The van der Waals surface area contributed by atoms with Gasteiger partial charge in [-0.2, -0.15) is 5.10 Å². The lowest BCUT2D eigenvalue weighted by Crippen LogP contribution is -2.30. The summed E-state index contributed by atoms with van der Waals surface area (Å²) >= 11 is 1.57. The topological polar surface area (TPSA) is 60.9 Å². The molecule has 0 aliphatic heterocycles. The molecule has 0 aliphatic carbocycles. The van der Waals surface area contributed by atoms with Gasteiger partial charge in [-0.15, -0.1) is 11.3 Å². The van der Waals surface area contributed by atoms with Gasteiger partial charge in [0.25, 0.3) is 5.56 Å². The summed E-state index contributed by atoms with van der Waals surface area (Å²) < 4.78 is 1.51. The van der Waals surface area contributed by atoms with Crippen LogP contribution in [0, 0.1) is 6.92 Å². The SMILES string of the molecule is CCCn1nc(C)cc(C(N)c2cccs2)c1=O. The minimum Gasteiger partial charge on any atom is -0.319 e. The van der Waals surface area contributed by atoms with Gasteiger partial charge >= 0.3 is 0 Å². The van der Waals surface area contributed by atoms with Gasteiger partial charge in [0, 0.05) is 17.0 Å². The van der Waals surface area contributed by atoms with Crippen molar-refractivity contribution in [2.75, 3.05) is 0 Å². The Morgan fingerprint density at radius 2 is 2.33 bits per heavy atom. The molecule has 0 saturated heterocycles. The third-order valence-electron chi connectivity index (χ3n) is 2.74. The van der Waals surface area contributed by atoms with E-state index in [4.69, 9.17) is 5.73 Å². The molecule has 18 heavy (non-hydrogen) atoms. The minimum atomic E-state index is -0.359. The molecule has 1 atom stereocenters. The molecule has 4 nitrogen and oxygen atoms in total. The van der Waals surface area contributed by atoms with Gasteiger partial charge in [-0.25, -0.2) is 4.68 Å². The molecule has 2 rings (SSSR count). The predicted molar refractivity (Wildman–Crippen MR) is 73.9 cm³/mol. The van der Waals surface area contributed by atoms with E-state index in [9.17, 15) is 4.79 Å². The van der Waals surface area contributed by atoms with Crippen LogP contribution in [0.25, 0.3) is 0 Å². The second-order valence-corrected chi connectivity index (χ2v) is 5.24. The van der Waals surface area contributed by atoms with Crippen molar-refractivity contribution < 1.29 is 0 Å². The lowest BCUT2D eigenvalue weighted by atomic mass is 10.1. The summed E-state index contributed by atoms with van der Waals surface area (Å²) in [5, 5.41) is 6.20. The van der Waals surface area contributed by atoms with E-state index in [1.54, 1.807) is 17.4 Å². The fraction of sp³-hybridized carbons (Fsp3) is 0.385. The van der Waals surface area contributed by atoms with Crippen LogP contribution in [-0.4, -0.2) is 9.78 Å². The van der Waals surface area contributed by atoms with Gasteiger partial charge in [0.15, 0.2) is 0 Å². The standard InChI is InChI=1S/C13H17N3OS/c1-3-6-16-13(17)10(8-9(2)15-16)12(14)11-5-4-7-18-11/h4-5,7-8,12H,3,6,14H2,1-2H3. The number of hydrogen-bond acceptors (Lipinski definition) is 4. The normalized spacial score (nSPS) is 12.6. The van der Waals surface area contributed by atoms with Crippen molar-refractivity contribution in [2.45, 2.75) is 32.9 Å². The van der Waals surface area contributed by atoms with Gasteiger partial charge in [-0.3, -0.25) is 4.79 Å². The number of hydrogen-bond donors (Lipinski definition) is 1. The van der Waals surface area contributed by atoms with E-state index in [2.05, 4.69) is 5.10 Å². The van der Waals surface area contributed by atoms with Crippen LogP contribution in [0.3, 0.4) is 0 Å². The molecular formula is C13H17N3OS. The molecule has 2 aromatic heterocycles. The number of aryl methyl sites for hydroxylation is 2. The molecule has 1 unspecified atom stereocenters. The summed E-state index contributed by atoms with van der Waals surface area (Å²) in [6.45, 7) is 4.54. The van der Waals surface area contributed by atoms with Crippen LogP contribution in [-0.2, 0) is 6.54 Å². The maximum Gasteiger partial charge on any atom is 0.271 e. The van der Waals surface area contributed by atoms with Crippen molar-refractivity contribution in [3.63, 3.8) is 0 Å². The molecule has 2 N–H and O–H groups in total. The van der Waals surface area contributed by atoms with Crippen molar-refractivity contribution >= 4 is 11.3 Å². The summed E-state index contributed by atoms with van der Waals surface area (Å²) in [5.41, 5.74) is 7.53. The molecule has 0 saturated carbocycles. The van der Waals surface area contributed by atoms with E-state index in [1.165, 1.54) is 4.68 Å². The molecule has 0 radical (unpaired) electrons. The Hall–Kier alpha value is -1.46. The number of rotatable bonds is 4. The molecule has 5 heteroatoms. The molecular weight excluding hydrogens is 246 g/mol. The van der Waals surface area contributed by atoms with Gasteiger partial charge in [0.1, 0.15) is 0 Å². The highest BCUT2D eigenvalue weighted by molar-refractivity contribution is 7.10. The molecule has 0 spiro atoms. The van der Waals surface area contributed by atoms with Crippen LogP contribution in [0.15, 0.2) is 28.4 Å². The number of nitrogens with two attached hydrogens (primary N) is 1. The van der Waals surface area contributed by atoms with Crippen LogP contribution in [0.5, 0.6) is 0 Å². The quantitative estimate of drug-likeness (QED) is 0.918. The second-order valence-electron chi connectivity index (χ2n) is 4.26. The predicted octanol–water partition coefficient (Wildman–Crippen LogP) is 2.07. The van der Waals surface area contributed by atoms with Crippen molar-refractivity contribution in [1.29, 1.82) is 0 Å². The zero-order chi connectivity index (χ0) is 13.1. The average Bonchev–Trinajstić information content (AvgIpc) is 2.86. The van der Waals surface area contributed by atoms with Crippen LogP contribution in [0.2, 0.25) is 0 Å². The second kappa shape index (κ2) is 5.46. The lowest BCUT2D eigenvalue weighted by molar-refractivity contribution is 0.551. The Labute approximate surface area is 110 Å². The smallest absolute Gasteiger partial charge is 0.271 e. The first-order chi connectivity index (χ1) is 8.63. The van der Waals surface area contributed by atoms with Gasteiger partial charge < -0.3 is 5.73 Å². The monoisotopic (exact) mass is 263 g/mol. The van der Waals surface area contributed by atoms with Gasteiger partial charge in [-0.05, 0) is 30.9 Å². The number of nitrogens with zero attached hydrogens (tertiary/aromatic N) is 2. The van der Waals surface area contributed by atoms with E-state index in [1.807, 2.05) is 31.4 Å². The number of thiophene rings is 1. The molecule has 96 valence electrons. The van der Waals surface area contributed by atoms with Crippen LogP contribution in [0.4, 0.5) is 0 Å². The van der Waals surface area contributed by atoms with Gasteiger partial charge in [0.05, 0.1) is 11.7 Å². The summed E-state index contributed by atoms with van der Waals surface area (Å²) in [6, 6.07) is 5.33. The van der Waals surface area contributed by atoms with Crippen LogP contribution in [0.1, 0.15) is 35.5 Å². The fourth-order valence-electron chi connectivity index (χ4n) is 1.91. The molecule has 0 aliphatic rings. The van der Waals surface area contributed by atoms with Crippen molar-refractivity contribution in [3.05, 3.63) is 50.1 Å². The first kappa shape index (κ1) is 13.0. The Bertz CT molecular complexity index is 574. The van der Waals surface area contributed by atoms with E-state index in [0.717, 1.165) is 17.0 Å². The zero-order valence-electron chi connectivity index (χ0n) is 10.6. The Kier molecular flexibility index (Phi) is 3.93. The largest absolute Gasteiger partial charge is 0.319 e. The van der Waals surface area contributed by atoms with E-state index >= 15 is 0 Å². The maximum atomic E-state index is 12.3. The highest BCUT2D eigenvalue weighted by Crippen LogP contribution is 2.21. The third kappa shape index (κ3) is 2.52. The average molecular weight is 263 g/mol. The molecule has 0 amide bonds. The summed E-state index contributed by atoms with van der Waals surface area (Å²) in [5.74, 6) is 0. The third-order valence-corrected chi connectivity index (χ3v) is 3.70. The van der Waals surface area contributed by atoms with Gasteiger partial charge in [0.2, 0.25) is 0 Å². The molecule has 2 aromatic rings. The van der Waals surface area contributed by atoms with E-state index < -0.39 is 0 Å². The Balaban J connectivity index is 2.47. The van der Waals surface area contributed by atoms with Crippen molar-refractivity contribution in [2.24, 2.45) is 5.73 Å². The molecule has 0 bridgehead atoms. The summed E-state index contributed by atoms with van der Waals surface area (Å²) in [7, 11) is 0. The molecule has 0 aromatic carbocycles. The first-order valence-electron chi connectivity index (χ1n) is 6.01. The van der Waals surface area contributed by atoms with Crippen LogP contribution < -0.4 is 11.3 Å². The van der Waals surface area contributed by atoms with E-state index in [-0.39, 0.29) is 11.6 Å². The minimum absolute atomic E-state index is 0.0802. The van der Waals surface area contributed by atoms with E-state index in [0.29, 0.717) is 12.1 Å². The lowest BCUT2D eigenvalue weighted by Gasteiger charge is -2.12. The zero-order valence-corrected chi connectivity index (χ0v) is 11.4. The summed E-state index contributed by atoms with van der Waals surface area (Å²) in [4.78, 5) is 13.3. The Morgan fingerprint density at radius 1 is 1.56 bits per heavy atom. The van der Waals surface area contributed by atoms with Gasteiger partial charge in [-0.1, -0.05) is 13.0 Å². The molecule has 2 heterocycles. The Morgan fingerprint density at radius 3 is 2.94 bits per heavy atom. The first-order valence-corrected chi connectivity index (χ1v) is 6.89. The highest BCUT2D eigenvalue weighted by Gasteiger charge is 2.16. The van der Waals surface area contributed by atoms with Crippen molar-refractivity contribution in [3.8, 4) is 0 Å². The highest BCUT2D eigenvalue weighted by atomic mass is 32.1. The maximum absolute atomic E-state index is 12.3. The summed E-state index contributed by atoms with van der Waals surface area (Å²) in [6.07, 6.45) is 0.879. The fourth-order valence-corrected chi connectivity index (χ4v) is 2.65.